The molecule has 0 amide bonds. The Morgan fingerprint density at radius 1 is 1.17 bits per heavy atom. The molecule has 0 bridgehead atoms. The van der Waals surface area contributed by atoms with Gasteiger partial charge in [-0.1, -0.05) is 6.92 Å². The maximum atomic E-state index is 5.45. The first-order valence-electron chi connectivity index (χ1n) is 6.28. The average Bonchev–Trinajstić information content (AvgIpc) is 2.90. The molecule has 0 aliphatic rings. The minimum Gasteiger partial charge on any atom is -0.467 e. The largest absolute Gasteiger partial charge is 0.467 e. The molecule has 1 heterocycles. The number of benzene rings is 1. The van der Waals surface area contributed by atoms with Crippen LogP contribution in [0.3, 0.4) is 0 Å². The lowest BCUT2D eigenvalue weighted by Gasteiger charge is -2.17. The molecule has 0 aliphatic carbocycles. The van der Waals surface area contributed by atoms with E-state index in [-0.39, 0.29) is 6.04 Å². The van der Waals surface area contributed by atoms with Gasteiger partial charge in [0, 0.05) is 25.5 Å². The highest BCUT2D eigenvalue weighted by Gasteiger charge is 2.11. The highest BCUT2D eigenvalue weighted by Crippen LogP contribution is 2.24. The Hall–Kier alpha value is -1.90. The van der Waals surface area contributed by atoms with E-state index in [1.165, 1.54) is 5.69 Å². The van der Waals surface area contributed by atoms with E-state index >= 15 is 0 Å². The summed E-state index contributed by atoms with van der Waals surface area (Å²) in [4.78, 5) is 2.09. The molecule has 1 aromatic carbocycles. The number of hydrogen-bond donors (Lipinski definition) is 1. The number of furan rings is 1. The highest BCUT2D eigenvalue weighted by molar-refractivity contribution is 5.54. The standard InChI is InChI=1S/C15H20N2O/c1-4-14(15-6-5-11-18-15)16-12-7-9-13(10-8-12)17(2)3/h5-11,14,16H,4H2,1-3H3. The molecule has 2 rings (SSSR count). The number of nitrogens with zero attached hydrogens (tertiary/aromatic N) is 1. The second-order valence-corrected chi connectivity index (χ2v) is 4.56. The molecule has 0 radical (unpaired) electrons. The lowest BCUT2D eigenvalue weighted by molar-refractivity contribution is 0.474. The van der Waals surface area contributed by atoms with Crippen LogP contribution in [0.1, 0.15) is 25.1 Å². The van der Waals surface area contributed by atoms with Crippen molar-refractivity contribution in [2.75, 3.05) is 24.3 Å². The monoisotopic (exact) mass is 244 g/mol. The van der Waals surface area contributed by atoms with Gasteiger partial charge in [0.05, 0.1) is 12.3 Å². The molecule has 1 unspecified atom stereocenters. The quantitative estimate of drug-likeness (QED) is 0.864. The first-order chi connectivity index (χ1) is 8.70. The van der Waals surface area contributed by atoms with Crippen LogP contribution in [-0.4, -0.2) is 14.1 Å². The molecular weight excluding hydrogens is 224 g/mol. The fourth-order valence-electron chi connectivity index (χ4n) is 1.92. The molecule has 3 heteroatoms. The van der Waals surface area contributed by atoms with E-state index in [1.54, 1.807) is 6.26 Å². The summed E-state index contributed by atoms with van der Waals surface area (Å²) in [5.41, 5.74) is 2.32. The molecular formula is C15H20N2O. The van der Waals surface area contributed by atoms with Gasteiger partial charge in [-0.2, -0.15) is 0 Å². The van der Waals surface area contributed by atoms with E-state index in [9.17, 15) is 0 Å². The minimum absolute atomic E-state index is 0.227. The molecule has 0 spiro atoms. The number of nitrogens with one attached hydrogen (secondary N) is 1. The fourth-order valence-corrected chi connectivity index (χ4v) is 1.92. The zero-order valence-corrected chi connectivity index (χ0v) is 11.2. The maximum Gasteiger partial charge on any atom is 0.125 e. The summed E-state index contributed by atoms with van der Waals surface area (Å²) in [7, 11) is 4.08. The van der Waals surface area contributed by atoms with Gasteiger partial charge in [0.2, 0.25) is 0 Å². The molecule has 2 aromatic rings. The van der Waals surface area contributed by atoms with Crippen LogP contribution in [-0.2, 0) is 0 Å². The SMILES string of the molecule is CCC(Nc1ccc(N(C)C)cc1)c1ccco1. The van der Waals surface area contributed by atoms with Gasteiger partial charge in [-0.15, -0.1) is 0 Å². The van der Waals surface area contributed by atoms with Crippen LogP contribution in [0.4, 0.5) is 11.4 Å². The van der Waals surface area contributed by atoms with Crippen LogP contribution in [0.15, 0.2) is 47.1 Å². The molecule has 1 atom stereocenters. The van der Waals surface area contributed by atoms with Crippen LogP contribution < -0.4 is 10.2 Å². The van der Waals surface area contributed by atoms with Crippen molar-refractivity contribution in [2.45, 2.75) is 19.4 Å². The minimum atomic E-state index is 0.227. The first kappa shape index (κ1) is 12.6. The van der Waals surface area contributed by atoms with E-state index in [0.29, 0.717) is 0 Å². The van der Waals surface area contributed by atoms with Crippen molar-refractivity contribution in [2.24, 2.45) is 0 Å². The fraction of sp³-hybridized carbons (Fsp3) is 0.333. The third kappa shape index (κ3) is 2.86. The van der Waals surface area contributed by atoms with Crippen molar-refractivity contribution in [3.63, 3.8) is 0 Å². The Morgan fingerprint density at radius 2 is 1.89 bits per heavy atom. The lowest BCUT2D eigenvalue weighted by Crippen LogP contribution is -2.10. The number of hydrogen-bond acceptors (Lipinski definition) is 3. The topological polar surface area (TPSA) is 28.4 Å². The van der Waals surface area contributed by atoms with Crippen LogP contribution in [0.5, 0.6) is 0 Å². The van der Waals surface area contributed by atoms with E-state index in [0.717, 1.165) is 17.9 Å². The van der Waals surface area contributed by atoms with Gasteiger partial charge in [0.1, 0.15) is 5.76 Å². The normalized spacial score (nSPS) is 12.2. The van der Waals surface area contributed by atoms with E-state index < -0.39 is 0 Å². The van der Waals surface area contributed by atoms with E-state index in [1.807, 2.05) is 26.2 Å². The highest BCUT2D eigenvalue weighted by atomic mass is 16.3. The Balaban J connectivity index is 2.08. The predicted octanol–water partition coefficient (Wildman–Crippen LogP) is 3.91. The van der Waals surface area contributed by atoms with Crippen LogP contribution in [0.25, 0.3) is 0 Å². The van der Waals surface area contributed by atoms with Crippen LogP contribution in [0, 0.1) is 0 Å². The average molecular weight is 244 g/mol. The van der Waals surface area contributed by atoms with Crippen molar-refractivity contribution >= 4 is 11.4 Å². The van der Waals surface area contributed by atoms with Crippen LogP contribution in [0.2, 0.25) is 0 Å². The van der Waals surface area contributed by atoms with Crippen LogP contribution >= 0.6 is 0 Å². The molecule has 1 aromatic heterocycles. The molecule has 96 valence electrons. The Labute approximate surface area is 108 Å². The summed E-state index contributed by atoms with van der Waals surface area (Å²) in [5, 5.41) is 3.48. The van der Waals surface area contributed by atoms with Gasteiger partial charge >= 0.3 is 0 Å². The smallest absolute Gasteiger partial charge is 0.125 e. The second-order valence-electron chi connectivity index (χ2n) is 4.56. The summed E-state index contributed by atoms with van der Waals surface area (Å²) in [5.74, 6) is 0.981. The van der Waals surface area contributed by atoms with E-state index in [2.05, 4.69) is 41.4 Å². The van der Waals surface area contributed by atoms with Gasteiger partial charge < -0.3 is 14.6 Å². The molecule has 18 heavy (non-hydrogen) atoms. The molecule has 0 saturated heterocycles. The van der Waals surface area contributed by atoms with Crippen molar-refractivity contribution in [1.82, 2.24) is 0 Å². The molecule has 0 aliphatic heterocycles. The molecule has 0 fully saturated rings. The summed E-state index contributed by atoms with van der Waals surface area (Å²) in [6.07, 6.45) is 2.71. The van der Waals surface area contributed by atoms with Crippen molar-refractivity contribution in [1.29, 1.82) is 0 Å². The Morgan fingerprint density at radius 3 is 2.39 bits per heavy atom. The molecule has 3 nitrogen and oxygen atoms in total. The summed E-state index contributed by atoms with van der Waals surface area (Å²) < 4.78 is 5.45. The number of anilines is 2. The van der Waals surface area contributed by atoms with Gasteiger partial charge in [-0.25, -0.2) is 0 Å². The lowest BCUT2D eigenvalue weighted by atomic mass is 10.1. The zero-order chi connectivity index (χ0) is 13.0. The van der Waals surface area contributed by atoms with Gasteiger partial charge in [-0.3, -0.25) is 0 Å². The second kappa shape index (κ2) is 5.63. The third-order valence-electron chi connectivity index (χ3n) is 3.02. The van der Waals surface area contributed by atoms with Gasteiger partial charge in [-0.05, 0) is 42.8 Å². The number of rotatable bonds is 5. The van der Waals surface area contributed by atoms with Gasteiger partial charge in [0.15, 0.2) is 0 Å². The van der Waals surface area contributed by atoms with Gasteiger partial charge in [0.25, 0.3) is 0 Å². The van der Waals surface area contributed by atoms with Crippen molar-refractivity contribution in [3.05, 3.63) is 48.4 Å². The Kier molecular flexibility index (Phi) is 3.92. The third-order valence-corrected chi connectivity index (χ3v) is 3.02. The van der Waals surface area contributed by atoms with E-state index in [4.69, 9.17) is 4.42 Å². The summed E-state index contributed by atoms with van der Waals surface area (Å²) >= 11 is 0. The van der Waals surface area contributed by atoms with Crippen molar-refractivity contribution in [3.8, 4) is 0 Å². The summed E-state index contributed by atoms with van der Waals surface area (Å²) in [6.45, 7) is 2.15. The predicted molar refractivity (Wildman–Crippen MR) is 76.1 cm³/mol. The Bertz CT molecular complexity index is 460. The summed E-state index contributed by atoms with van der Waals surface area (Å²) in [6, 6.07) is 12.6. The molecule has 0 saturated carbocycles. The first-order valence-corrected chi connectivity index (χ1v) is 6.28. The van der Waals surface area contributed by atoms with Crippen molar-refractivity contribution < 1.29 is 4.42 Å². The molecule has 1 N–H and O–H groups in total. The zero-order valence-electron chi connectivity index (χ0n) is 11.2. The maximum absolute atomic E-state index is 5.45.